The zero-order valence-electron chi connectivity index (χ0n) is 8.36. The minimum absolute atomic E-state index is 0.0456. The van der Waals surface area contributed by atoms with Crippen LogP contribution in [0, 0.1) is 20.2 Å². The summed E-state index contributed by atoms with van der Waals surface area (Å²) in [4.78, 5) is 19.9. The molecule has 0 aliphatic heterocycles. The number of hydrogen-bond donors (Lipinski definition) is 1. The van der Waals surface area contributed by atoms with E-state index in [1.54, 1.807) is 6.07 Å². The average Bonchev–Trinajstić information content (AvgIpc) is 2.28. The molecular weight excluding hydrogens is 228 g/mol. The Kier molecular flexibility index (Phi) is 2.36. The van der Waals surface area contributed by atoms with E-state index in [0.717, 1.165) is 6.07 Å². The van der Waals surface area contributed by atoms with Crippen LogP contribution in [-0.2, 0) is 0 Å². The molecule has 0 atom stereocenters. The van der Waals surface area contributed by atoms with Gasteiger partial charge in [-0.05, 0) is 6.07 Å². The molecule has 1 N–H and O–H groups in total. The highest BCUT2D eigenvalue weighted by Crippen LogP contribution is 2.39. The summed E-state index contributed by atoms with van der Waals surface area (Å²) >= 11 is 0. The van der Waals surface area contributed by atoms with Gasteiger partial charge in [-0.1, -0.05) is 18.2 Å². The highest BCUT2D eigenvalue weighted by Gasteiger charge is 2.29. The van der Waals surface area contributed by atoms with E-state index in [-0.39, 0.29) is 16.5 Å². The summed E-state index contributed by atoms with van der Waals surface area (Å²) in [6.45, 7) is 0. The van der Waals surface area contributed by atoms with Gasteiger partial charge in [-0.2, -0.15) is 0 Å². The normalized spacial score (nSPS) is 10.4. The Labute approximate surface area is 94.2 Å². The van der Waals surface area contributed by atoms with Gasteiger partial charge in [0.05, 0.1) is 21.3 Å². The molecule has 2 rings (SSSR count). The molecule has 0 unspecified atom stereocenters. The Morgan fingerprint density at radius 3 is 2.12 bits per heavy atom. The molecule has 0 aliphatic rings. The van der Waals surface area contributed by atoms with Crippen LogP contribution in [0.5, 0.6) is 5.75 Å². The molecule has 7 heteroatoms. The molecule has 0 amide bonds. The predicted octanol–water partition coefficient (Wildman–Crippen LogP) is 2.36. The Balaban J connectivity index is 2.98. The van der Waals surface area contributed by atoms with Gasteiger partial charge in [-0.15, -0.1) is 0 Å². The van der Waals surface area contributed by atoms with Crippen LogP contribution < -0.4 is 0 Å². The van der Waals surface area contributed by atoms with Gasteiger partial charge < -0.3 is 5.11 Å². The zero-order chi connectivity index (χ0) is 12.6. The number of aromatic hydroxyl groups is 1. The van der Waals surface area contributed by atoms with Crippen LogP contribution in [0.4, 0.5) is 11.4 Å². The number of nitro benzene ring substituents is 2. The fourth-order valence-electron chi connectivity index (χ4n) is 1.66. The van der Waals surface area contributed by atoms with Crippen molar-refractivity contribution in [2.75, 3.05) is 0 Å². The molecule has 86 valence electrons. The van der Waals surface area contributed by atoms with E-state index < -0.39 is 21.2 Å². The van der Waals surface area contributed by atoms with Crippen LogP contribution >= 0.6 is 0 Å². The third-order valence-electron chi connectivity index (χ3n) is 2.35. The number of hydrogen-bond acceptors (Lipinski definition) is 5. The molecule has 2 aromatic carbocycles. The second kappa shape index (κ2) is 3.71. The Morgan fingerprint density at radius 1 is 1.00 bits per heavy atom. The first-order chi connectivity index (χ1) is 8.02. The van der Waals surface area contributed by atoms with Crippen molar-refractivity contribution in [1.82, 2.24) is 0 Å². The lowest BCUT2D eigenvalue weighted by molar-refractivity contribution is -0.421. The van der Waals surface area contributed by atoms with Crippen LogP contribution in [0.15, 0.2) is 30.3 Å². The Hall–Kier alpha value is -2.70. The summed E-state index contributed by atoms with van der Waals surface area (Å²) in [5, 5.41) is 31.4. The number of nitro groups is 2. The first-order valence-electron chi connectivity index (χ1n) is 4.56. The van der Waals surface area contributed by atoms with E-state index in [2.05, 4.69) is 0 Å². The van der Waals surface area contributed by atoms with Crippen LogP contribution in [0.25, 0.3) is 10.8 Å². The molecule has 0 aliphatic carbocycles. The SMILES string of the molecule is O=[N+]([O-])c1cc(O)c2ccccc2c1[N+](=O)[O-]. The number of nitrogens with zero attached hydrogens (tertiary/aromatic N) is 2. The van der Waals surface area contributed by atoms with Crippen molar-refractivity contribution in [3.63, 3.8) is 0 Å². The summed E-state index contributed by atoms with van der Waals surface area (Å²) in [6, 6.07) is 6.71. The van der Waals surface area contributed by atoms with Crippen molar-refractivity contribution >= 4 is 22.1 Å². The van der Waals surface area contributed by atoms with Crippen molar-refractivity contribution in [2.24, 2.45) is 0 Å². The number of phenolic OH excluding ortho intramolecular Hbond substituents is 1. The third kappa shape index (κ3) is 1.63. The molecule has 2 aromatic rings. The predicted molar refractivity (Wildman–Crippen MR) is 58.9 cm³/mol. The van der Waals surface area contributed by atoms with Crippen LogP contribution in [0.3, 0.4) is 0 Å². The summed E-state index contributed by atoms with van der Waals surface area (Å²) in [5.74, 6) is -0.349. The number of benzene rings is 2. The first-order valence-corrected chi connectivity index (χ1v) is 4.56. The monoisotopic (exact) mass is 234 g/mol. The van der Waals surface area contributed by atoms with Crippen molar-refractivity contribution in [2.45, 2.75) is 0 Å². The smallest absolute Gasteiger partial charge is 0.354 e. The van der Waals surface area contributed by atoms with Gasteiger partial charge in [0.25, 0.3) is 0 Å². The molecule has 0 saturated heterocycles. The molecule has 17 heavy (non-hydrogen) atoms. The standard InChI is InChI=1S/C10H6N2O5/c13-9-5-8(11(14)15)10(12(16)17)7-4-2-1-3-6(7)9/h1-5,13H. The average molecular weight is 234 g/mol. The number of rotatable bonds is 2. The van der Waals surface area contributed by atoms with Gasteiger partial charge in [0.2, 0.25) is 0 Å². The summed E-state index contributed by atoms with van der Waals surface area (Å²) in [7, 11) is 0. The molecule has 0 radical (unpaired) electrons. The van der Waals surface area contributed by atoms with E-state index in [1.165, 1.54) is 18.2 Å². The molecule has 0 fully saturated rings. The molecule has 7 nitrogen and oxygen atoms in total. The van der Waals surface area contributed by atoms with Gasteiger partial charge in [0.15, 0.2) is 0 Å². The summed E-state index contributed by atoms with van der Waals surface area (Å²) in [6.07, 6.45) is 0. The minimum atomic E-state index is -0.885. The lowest BCUT2D eigenvalue weighted by Crippen LogP contribution is -1.97. The van der Waals surface area contributed by atoms with Gasteiger partial charge in [-0.25, -0.2) is 0 Å². The third-order valence-corrected chi connectivity index (χ3v) is 2.35. The maximum Gasteiger partial charge on any atom is 0.354 e. The van der Waals surface area contributed by atoms with Crippen LogP contribution in [0.1, 0.15) is 0 Å². The summed E-state index contributed by atoms with van der Waals surface area (Å²) in [5.41, 5.74) is -1.32. The second-order valence-corrected chi connectivity index (χ2v) is 3.32. The molecule has 0 spiro atoms. The Morgan fingerprint density at radius 2 is 1.59 bits per heavy atom. The van der Waals surface area contributed by atoms with E-state index in [4.69, 9.17) is 0 Å². The maximum absolute atomic E-state index is 10.9. The molecule has 0 saturated carbocycles. The summed E-state index contributed by atoms with van der Waals surface area (Å²) < 4.78 is 0. The lowest BCUT2D eigenvalue weighted by Gasteiger charge is -2.02. The van der Waals surface area contributed by atoms with Crippen molar-refractivity contribution < 1.29 is 15.0 Å². The van der Waals surface area contributed by atoms with Crippen molar-refractivity contribution in [1.29, 1.82) is 0 Å². The van der Waals surface area contributed by atoms with E-state index in [0.29, 0.717) is 0 Å². The molecular formula is C10H6N2O5. The van der Waals surface area contributed by atoms with Crippen LogP contribution in [-0.4, -0.2) is 15.0 Å². The van der Waals surface area contributed by atoms with E-state index >= 15 is 0 Å². The highest BCUT2D eigenvalue weighted by atomic mass is 16.6. The minimum Gasteiger partial charge on any atom is -0.507 e. The largest absolute Gasteiger partial charge is 0.507 e. The zero-order valence-corrected chi connectivity index (χ0v) is 8.36. The van der Waals surface area contributed by atoms with E-state index in [1.807, 2.05) is 0 Å². The maximum atomic E-state index is 10.9. The molecule has 0 heterocycles. The molecule has 0 aromatic heterocycles. The van der Waals surface area contributed by atoms with Crippen molar-refractivity contribution in [3.8, 4) is 5.75 Å². The lowest BCUT2D eigenvalue weighted by atomic mass is 10.1. The number of phenols is 1. The van der Waals surface area contributed by atoms with Gasteiger partial charge in [0, 0.05) is 5.39 Å². The fourth-order valence-corrected chi connectivity index (χ4v) is 1.66. The molecule has 0 bridgehead atoms. The van der Waals surface area contributed by atoms with Crippen molar-refractivity contribution in [3.05, 3.63) is 50.6 Å². The first kappa shape index (κ1) is 10.8. The van der Waals surface area contributed by atoms with Gasteiger partial charge in [0.1, 0.15) is 5.75 Å². The topological polar surface area (TPSA) is 107 Å². The van der Waals surface area contributed by atoms with Gasteiger partial charge in [-0.3, -0.25) is 20.2 Å². The van der Waals surface area contributed by atoms with Gasteiger partial charge >= 0.3 is 11.4 Å². The highest BCUT2D eigenvalue weighted by molar-refractivity contribution is 5.98. The quantitative estimate of drug-likeness (QED) is 0.633. The number of fused-ring (bicyclic) bond motifs is 1. The van der Waals surface area contributed by atoms with Crippen LogP contribution in [0.2, 0.25) is 0 Å². The Bertz CT molecular complexity index is 638. The van der Waals surface area contributed by atoms with E-state index in [9.17, 15) is 25.3 Å². The second-order valence-electron chi connectivity index (χ2n) is 3.32. The fraction of sp³-hybridized carbons (Fsp3) is 0.